The highest BCUT2D eigenvalue weighted by Crippen LogP contribution is 2.33. The van der Waals surface area contributed by atoms with Crippen molar-refractivity contribution in [1.82, 2.24) is 4.98 Å². The number of phenolic OH excluding ortho intramolecular Hbond substituents is 1. The zero-order valence-electron chi connectivity index (χ0n) is 9.10. The fraction of sp³-hybridized carbons (Fsp3) is 0.250. The van der Waals surface area contributed by atoms with Crippen molar-refractivity contribution in [2.24, 2.45) is 5.73 Å². The highest BCUT2D eigenvalue weighted by atomic mass is 32.1. The first-order valence-electron chi connectivity index (χ1n) is 5.17. The van der Waals surface area contributed by atoms with Crippen LogP contribution in [-0.4, -0.2) is 16.6 Å². The molecule has 0 amide bonds. The molecule has 2 rings (SSSR count). The zero-order valence-corrected chi connectivity index (χ0v) is 9.92. The third kappa shape index (κ3) is 2.08. The van der Waals surface area contributed by atoms with Gasteiger partial charge in [0.2, 0.25) is 0 Å². The standard InChI is InChI=1S/C12H14N2OS/c1-8-11(6-7-13)16-12(14-8)9-4-2-3-5-10(9)15/h2-5,15H,6-7,13H2,1H3. The van der Waals surface area contributed by atoms with E-state index in [9.17, 15) is 5.11 Å². The summed E-state index contributed by atoms with van der Waals surface area (Å²) in [4.78, 5) is 5.66. The normalized spacial score (nSPS) is 10.6. The fourth-order valence-electron chi connectivity index (χ4n) is 1.56. The Labute approximate surface area is 98.6 Å². The molecular formula is C12H14N2OS. The van der Waals surface area contributed by atoms with Gasteiger partial charge in [0.1, 0.15) is 10.8 Å². The molecule has 0 spiro atoms. The van der Waals surface area contributed by atoms with Crippen LogP contribution in [0.2, 0.25) is 0 Å². The average Bonchev–Trinajstić information content (AvgIpc) is 2.61. The number of hydrogen-bond acceptors (Lipinski definition) is 4. The van der Waals surface area contributed by atoms with Gasteiger partial charge in [0.05, 0.1) is 11.3 Å². The highest BCUT2D eigenvalue weighted by molar-refractivity contribution is 7.15. The lowest BCUT2D eigenvalue weighted by atomic mass is 10.2. The van der Waals surface area contributed by atoms with Gasteiger partial charge in [0, 0.05) is 4.88 Å². The first kappa shape index (κ1) is 11.1. The topological polar surface area (TPSA) is 59.1 Å². The lowest BCUT2D eigenvalue weighted by Crippen LogP contribution is -2.01. The summed E-state index contributed by atoms with van der Waals surface area (Å²) >= 11 is 1.60. The number of thiazole rings is 1. The van der Waals surface area contributed by atoms with Crippen molar-refractivity contribution in [2.75, 3.05) is 6.54 Å². The molecule has 0 unspecified atom stereocenters. The fourth-order valence-corrected chi connectivity index (χ4v) is 2.67. The van der Waals surface area contributed by atoms with Crippen LogP contribution >= 0.6 is 11.3 Å². The third-order valence-electron chi connectivity index (χ3n) is 2.40. The second kappa shape index (κ2) is 4.63. The average molecular weight is 234 g/mol. The number of aromatic hydroxyl groups is 1. The summed E-state index contributed by atoms with van der Waals surface area (Å²) in [5.41, 5.74) is 7.34. The summed E-state index contributed by atoms with van der Waals surface area (Å²) in [5, 5.41) is 10.6. The molecule has 0 fully saturated rings. The van der Waals surface area contributed by atoms with Crippen molar-refractivity contribution in [1.29, 1.82) is 0 Å². The van der Waals surface area contributed by atoms with E-state index in [1.54, 1.807) is 23.5 Å². The van der Waals surface area contributed by atoms with Crippen LogP contribution in [-0.2, 0) is 6.42 Å². The number of benzene rings is 1. The summed E-state index contributed by atoms with van der Waals surface area (Å²) in [6, 6.07) is 7.25. The molecule has 2 aromatic rings. The number of nitrogens with two attached hydrogens (primary N) is 1. The van der Waals surface area contributed by atoms with E-state index in [0.29, 0.717) is 6.54 Å². The molecule has 0 aliphatic heterocycles. The first-order valence-corrected chi connectivity index (χ1v) is 5.98. The molecule has 0 bridgehead atoms. The first-order chi connectivity index (χ1) is 7.72. The SMILES string of the molecule is Cc1nc(-c2ccccc2O)sc1CCN. The van der Waals surface area contributed by atoms with Crippen molar-refractivity contribution >= 4 is 11.3 Å². The summed E-state index contributed by atoms with van der Waals surface area (Å²) in [7, 11) is 0. The van der Waals surface area contributed by atoms with Crippen molar-refractivity contribution in [3.63, 3.8) is 0 Å². The monoisotopic (exact) mass is 234 g/mol. The summed E-state index contributed by atoms with van der Waals surface area (Å²) in [5.74, 6) is 0.274. The van der Waals surface area contributed by atoms with Gasteiger partial charge >= 0.3 is 0 Å². The lowest BCUT2D eigenvalue weighted by Gasteiger charge is -1.98. The zero-order chi connectivity index (χ0) is 11.5. The Kier molecular flexibility index (Phi) is 3.22. The van der Waals surface area contributed by atoms with Crippen molar-refractivity contribution < 1.29 is 5.11 Å². The molecule has 84 valence electrons. The lowest BCUT2D eigenvalue weighted by molar-refractivity contribution is 0.477. The van der Waals surface area contributed by atoms with E-state index >= 15 is 0 Å². The Morgan fingerprint density at radius 3 is 2.81 bits per heavy atom. The van der Waals surface area contributed by atoms with Gasteiger partial charge in [-0.1, -0.05) is 12.1 Å². The molecule has 3 nitrogen and oxygen atoms in total. The summed E-state index contributed by atoms with van der Waals surface area (Å²) in [6.45, 7) is 2.61. The van der Waals surface area contributed by atoms with Gasteiger partial charge < -0.3 is 10.8 Å². The second-order valence-corrected chi connectivity index (χ2v) is 4.67. The smallest absolute Gasteiger partial charge is 0.127 e. The van der Waals surface area contributed by atoms with Crippen LogP contribution in [0.15, 0.2) is 24.3 Å². The van der Waals surface area contributed by atoms with E-state index in [1.807, 2.05) is 19.1 Å². The molecule has 0 radical (unpaired) electrons. The third-order valence-corrected chi connectivity index (χ3v) is 3.65. The molecule has 1 aromatic carbocycles. The molecule has 16 heavy (non-hydrogen) atoms. The van der Waals surface area contributed by atoms with Crippen LogP contribution in [0.1, 0.15) is 10.6 Å². The Hall–Kier alpha value is -1.39. The number of para-hydroxylation sites is 1. The molecule has 0 saturated carbocycles. The quantitative estimate of drug-likeness (QED) is 0.857. The molecule has 0 aliphatic rings. The van der Waals surface area contributed by atoms with Crippen LogP contribution < -0.4 is 5.73 Å². The van der Waals surface area contributed by atoms with Gasteiger partial charge in [0.15, 0.2) is 0 Å². The number of aryl methyl sites for hydroxylation is 1. The van der Waals surface area contributed by atoms with Crippen LogP contribution in [0.3, 0.4) is 0 Å². The van der Waals surface area contributed by atoms with E-state index in [2.05, 4.69) is 4.98 Å². The number of rotatable bonds is 3. The van der Waals surface area contributed by atoms with Crippen LogP contribution in [0, 0.1) is 6.92 Å². The number of aromatic nitrogens is 1. The predicted octanol–water partition coefficient (Wildman–Crippen LogP) is 2.33. The minimum Gasteiger partial charge on any atom is -0.507 e. The maximum Gasteiger partial charge on any atom is 0.127 e. The molecule has 0 aliphatic carbocycles. The van der Waals surface area contributed by atoms with E-state index in [0.717, 1.165) is 22.7 Å². The Bertz CT molecular complexity index is 494. The van der Waals surface area contributed by atoms with Gasteiger partial charge in [-0.15, -0.1) is 11.3 Å². The van der Waals surface area contributed by atoms with Gasteiger partial charge in [-0.3, -0.25) is 0 Å². The summed E-state index contributed by atoms with van der Waals surface area (Å²) in [6.07, 6.45) is 0.844. The summed E-state index contributed by atoms with van der Waals surface area (Å²) < 4.78 is 0. The molecule has 1 aromatic heterocycles. The molecule has 0 saturated heterocycles. The largest absolute Gasteiger partial charge is 0.507 e. The minimum absolute atomic E-state index is 0.274. The molecule has 3 N–H and O–H groups in total. The van der Waals surface area contributed by atoms with Gasteiger partial charge in [0.25, 0.3) is 0 Å². The molecule has 0 atom stereocenters. The maximum absolute atomic E-state index is 9.74. The van der Waals surface area contributed by atoms with E-state index in [1.165, 1.54) is 4.88 Å². The second-order valence-electron chi connectivity index (χ2n) is 3.58. The maximum atomic E-state index is 9.74. The Balaban J connectivity index is 2.42. The number of hydrogen-bond donors (Lipinski definition) is 2. The Morgan fingerprint density at radius 1 is 1.38 bits per heavy atom. The Morgan fingerprint density at radius 2 is 2.12 bits per heavy atom. The molecule has 1 heterocycles. The van der Waals surface area contributed by atoms with Crippen molar-refractivity contribution in [3.05, 3.63) is 34.8 Å². The minimum atomic E-state index is 0.274. The molecule has 4 heteroatoms. The molecular weight excluding hydrogens is 220 g/mol. The van der Waals surface area contributed by atoms with E-state index in [4.69, 9.17) is 5.73 Å². The number of phenols is 1. The van der Waals surface area contributed by atoms with Crippen molar-refractivity contribution in [3.8, 4) is 16.3 Å². The van der Waals surface area contributed by atoms with Crippen molar-refractivity contribution in [2.45, 2.75) is 13.3 Å². The van der Waals surface area contributed by atoms with Gasteiger partial charge in [-0.2, -0.15) is 0 Å². The predicted molar refractivity (Wildman–Crippen MR) is 66.7 cm³/mol. The van der Waals surface area contributed by atoms with E-state index < -0.39 is 0 Å². The van der Waals surface area contributed by atoms with E-state index in [-0.39, 0.29) is 5.75 Å². The number of nitrogens with zero attached hydrogens (tertiary/aromatic N) is 1. The van der Waals surface area contributed by atoms with Gasteiger partial charge in [-0.25, -0.2) is 4.98 Å². The van der Waals surface area contributed by atoms with Crippen LogP contribution in [0.5, 0.6) is 5.75 Å². The van der Waals surface area contributed by atoms with Crippen LogP contribution in [0.4, 0.5) is 0 Å². The highest BCUT2D eigenvalue weighted by Gasteiger charge is 2.11. The van der Waals surface area contributed by atoms with Gasteiger partial charge in [-0.05, 0) is 32.0 Å². The van der Waals surface area contributed by atoms with Crippen LogP contribution in [0.25, 0.3) is 10.6 Å².